The van der Waals surface area contributed by atoms with Crippen LogP contribution in [0.2, 0.25) is 10.0 Å². The number of fused-ring (bicyclic) bond motifs is 1. The predicted octanol–water partition coefficient (Wildman–Crippen LogP) is 7.71. The van der Waals surface area contributed by atoms with E-state index in [1.165, 1.54) is 35.3 Å². The Morgan fingerprint density at radius 3 is 2.32 bits per heavy atom. The molecular weight excluding hydrogens is 477 g/mol. The molecule has 2 aliphatic rings. The SMILES string of the molecule is O=C(c1ccc(Cl)cc1Cl)N1N=C2C(=Cc3ccc(F)cc3)CCCC2C1c1ccc(F)cc1. The summed E-state index contributed by atoms with van der Waals surface area (Å²) in [6, 6.07) is 16.8. The van der Waals surface area contributed by atoms with Gasteiger partial charge in [0.1, 0.15) is 11.6 Å². The molecule has 3 aromatic rings. The molecule has 1 heterocycles. The number of hydrazone groups is 1. The number of carbonyl (C=O) groups is 1. The molecule has 172 valence electrons. The zero-order chi connectivity index (χ0) is 23.8. The number of amides is 1. The molecule has 1 aliphatic carbocycles. The number of benzene rings is 3. The van der Waals surface area contributed by atoms with E-state index in [0.717, 1.165) is 41.7 Å². The van der Waals surface area contributed by atoms with Gasteiger partial charge in [-0.15, -0.1) is 0 Å². The average molecular weight is 497 g/mol. The van der Waals surface area contributed by atoms with Crippen LogP contribution in [0.1, 0.15) is 46.8 Å². The van der Waals surface area contributed by atoms with Gasteiger partial charge in [-0.1, -0.05) is 47.5 Å². The molecule has 0 bridgehead atoms. The fraction of sp³-hybridized carbons (Fsp3) is 0.185. The lowest BCUT2D eigenvalue weighted by atomic mass is 9.77. The molecule has 1 fully saturated rings. The zero-order valence-corrected chi connectivity index (χ0v) is 19.5. The van der Waals surface area contributed by atoms with E-state index in [-0.39, 0.29) is 28.5 Å². The standard InChI is InChI=1S/C27H20Cl2F2N2O/c28-19-8-13-22(24(29)15-19)27(34)33-26(17-6-11-21(31)12-7-17)23-3-1-2-18(25(23)32-33)14-16-4-9-20(30)10-5-16/h4-15,23,26H,1-3H2. The second kappa shape index (κ2) is 9.32. The van der Waals surface area contributed by atoms with E-state index in [4.69, 9.17) is 28.3 Å². The van der Waals surface area contributed by atoms with Crippen molar-refractivity contribution in [2.75, 3.05) is 0 Å². The third-order valence-electron chi connectivity index (χ3n) is 6.29. The maximum absolute atomic E-state index is 13.7. The maximum atomic E-state index is 13.7. The summed E-state index contributed by atoms with van der Waals surface area (Å²) in [5.74, 6) is -1.04. The fourth-order valence-electron chi connectivity index (χ4n) is 4.71. The van der Waals surface area contributed by atoms with Gasteiger partial charge >= 0.3 is 0 Å². The number of allylic oxidation sites excluding steroid dienone is 1. The van der Waals surface area contributed by atoms with Gasteiger partial charge in [-0.25, -0.2) is 13.8 Å². The summed E-state index contributed by atoms with van der Waals surface area (Å²) in [6.45, 7) is 0. The van der Waals surface area contributed by atoms with Crippen LogP contribution in [0.25, 0.3) is 6.08 Å². The summed E-state index contributed by atoms with van der Waals surface area (Å²) in [7, 11) is 0. The molecule has 3 aromatic carbocycles. The van der Waals surface area contributed by atoms with Crippen molar-refractivity contribution in [1.82, 2.24) is 5.01 Å². The molecular formula is C27H20Cl2F2N2O. The van der Waals surface area contributed by atoms with Gasteiger partial charge in [-0.2, -0.15) is 5.10 Å². The largest absolute Gasteiger partial charge is 0.276 e. The number of nitrogens with zero attached hydrogens (tertiary/aromatic N) is 2. The Hall–Kier alpha value is -3.02. The zero-order valence-electron chi connectivity index (χ0n) is 18.0. The van der Waals surface area contributed by atoms with Crippen LogP contribution in [0.3, 0.4) is 0 Å². The molecule has 0 aromatic heterocycles. The van der Waals surface area contributed by atoms with E-state index in [9.17, 15) is 13.6 Å². The summed E-state index contributed by atoms with van der Waals surface area (Å²) in [5, 5.41) is 6.94. The molecule has 0 spiro atoms. The van der Waals surface area contributed by atoms with Gasteiger partial charge in [0.05, 0.1) is 22.3 Å². The van der Waals surface area contributed by atoms with Crippen molar-refractivity contribution in [3.8, 4) is 0 Å². The number of hydrogen-bond donors (Lipinski definition) is 0. The maximum Gasteiger partial charge on any atom is 0.276 e. The van der Waals surface area contributed by atoms with Crippen LogP contribution in [0.5, 0.6) is 0 Å². The van der Waals surface area contributed by atoms with E-state index in [2.05, 4.69) is 0 Å². The van der Waals surface area contributed by atoms with Crippen LogP contribution in [0, 0.1) is 17.6 Å². The van der Waals surface area contributed by atoms with Crippen molar-refractivity contribution in [3.05, 3.63) is 111 Å². The summed E-state index contributed by atoms with van der Waals surface area (Å²) in [4.78, 5) is 13.6. The fourth-order valence-corrected chi connectivity index (χ4v) is 5.20. The van der Waals surface area contributed by atoms with Crippen LogP contribution in [-0.4, -0.2) is 16.6 Å². The number of rotatable bonds is 3. The summed E-state index contributed by atoms with van der Waals surface area (Å²) < 4.78 is 27.0. The quantitative estimate of drug-likeness (QED) is 0.365. The highest BCUT2D eigenvalue weighted by Gasteiger charge is 2.44. The van der Waals surface area contributed by atoms with Crippen molar-refractivity contribution in [2.24, 2.45) is 11.0 Å². The van der Waals surface area contributed by atoms with E-state index in [1.54, 1.807) is 36.4 Å². The number of halogens is 4. The Morgan fingerprint density at radius 1 is 0.971 bits per heavy atom. The molecule has 0 saturated heterocycles. The average Bonchev–Trinajstić information content (AvgIpc) is 3.21. The second-order valence-corrected chi connectivity index (χ2v) is 9.32. The smallest absolute Gasteiger partial charge is 0.267 e. The van der Waals surface area contributed by atoms with Crippen molar-refractivity contribution in [3.63, 3.8) is 0 Å². The van der Waals surface area contributed by atoms with Crippen LogP contribution in [0.4, 0.5) is 8.78 Å². The molecule has 3 nitrogen and oxygen atoms in total. The molecule has 5 rings (SSSR count). The van der Waals surface area contributed by atoms with E-state index >= 15 is 0 Å². The summed E-state index contributed by atoms with van der Waals surface area (Å²) >= 11 is 12.4. The van der Waals surface area contributed by atoms with Gasteiger partial charge in [0.25, 0.3) is 5.91 Å². The van der Waals surface area contributed by atoms with Crippen molar-refractivity contribution >= 4 is 40.9 Å². The Morgan fingerprint density at radius 2 is 1.65 bits per heavy atom. The van der Waals surface area contributed by atoms with Gasteiger partial charge in [0.15, 0.2) is 0 Å². The third-order valence-corrected chi connectivity index (χ3v) is 6.84. The molecule has 2 unspecified atom stereocenters. The van der Waals surface area contributed by atoms with Crippen molar-refractivity contribution in [1.29, 1.82) is 0 Å². The van der Waals surface area contributed by atoms with Gasteiger partial charge < -0.3 is 0 Å². The molecule has 0 N–H and O–H groups in total. The van der Waals surface area contributed by atoms with Crippen LogP contribution < -0.4 is 0 Å². The molecule has 34 heavy (non-hydrogen) atoms. The predicted molar refractivity (Wildman–Crippen MR) is 131 cm³/mol. The van der Waals surface area contributed by atoms with E-state index in [0.29, 0.717) is 10.6 Å². The molecule has 1 saturated carbocycles. The lowest BCUT2D eigenvalue weighted by Gasteiger charge is -2.29. The van der Waals surface area contributed by atoms with Gasteiger partial charge in [-0.05, 0) is 84.5 Å². The number of hydrogen-bond acceptors (Lipinski definition) is 2. The highest BCUT2D eigenvalue weighted by atomic mass is 35.5. The summed E-state index contributed by atoms with van der Waals surface area (Å²) in [5.41, 5.74) is 3.79. The highest BCUT2D eigenvalue weighted by Crippen LogP contribution is 2.45. The minimum atomic E-state index is -0.397. The Balaban J connectivity index is 1.59. The lowest BCUT2D eigenvalue weighted by Crippen LogP contribution is -2.32. The van der Waals surface area contributed by atoms with Crippen LogP contribution in [-0.2, 0) is 0 Å². The highest BCUT2D eigenvalue weighted by molar-refractivity contribution is 6.36. The lowest BCUT2D eigenvalue weighted by molar-refractivity contribution is 0.0681. The molecule has 1 amide bonds. The first kappa shape index (κ1) is 22.8. The minimum absolute atomic E-state index is 0.0547. The molecule has 0 radical (unpaired) electrons. The van der Waals surface area contributed by atoms with Crippen LogP contribution in [0.15, 0.2) is 77.4 Å². The molecule has 1 aliphatic heterocycles. The topological polar surface area (TPSA) is 32.7 Å². The normalized spacial score (nSPS) is 20.9. The van der Waals surface area contributed by atoms with E-state index in [1.807, 2.05) is 6.08 Å². The van der Waals surface area contributed by atoms with E-state index < -0.39 is 6.04 Å². The first-order valence-electron chi connectivity index (χ1n) is 11.0. The first-order valence-corrected chi connectivity index (χ1v) is 11.8. The Bertz CT molecular complexity index is 1300. The monoisotopic (exact) mass is 496 g/mol. The Kier molecular flexibility index (Phi) is 6.24. The Labute approximate surface area is 206 Å². The molecule has 2 atom stereocenters. The van der Waals surface area contributed by atoms with Gasteiger partial charge in [-0.3, -0.25) is 4.79 Å². The molecule has 7 heteroatoms. The van der Waals surface area contributed by atoms with Gasteiger partial charge in [0, 0.05) is 10.9 Å². The van der Waals surface area contributed by atoms with Gasteiger partial charge in [0.2, 0.25) is 0 Å². The van der Waals surface area contributed by atoms with Crippen molar-refractivity contribution in [2.45, 2.75) is 25.3 Å². The first-order chi connectivity index (χ1) is 16.4. The number of carbonyl (C=O) groups excluding carboxylic acids is 1. The second-order valence-electron chi connectivity index (χ2n) is 8.48. The third kappa shape index (κ3) is 4.38. The van der Waals surface area contributed by atoms with Crippen molar-refractivity contribution < 1.29 is 13.6 Å². The van der Waals surface area contributed by atoms with Crippen LogP contribution >= 0.6 is 23.2 Å². The minimum Gasteiger partial charge on any atom is -0.267 e. The summed E-state index contributed by atoms with van der Waals surface area (Å²) in [6.07, 6.45) is 4.54.